The Morgan fingerprint density at radius 3 is 2.54 bits per heavy atom. The molecule has 1 unspecified atom stereocenters. The van der Waals surface area contributed by atoms with Crippen LogP contribution in [0, 0.1) is 6.92 Å². The van der Waals surface area contributed by atoms with Crippen LogP contribution in [0.5, 0.6) is 0 Å². The lowest BCUT2D eigenvalue weighted by molar-refractivity contribution is -0.660. The van der Waals surface area contributed by atoms with E-state index in [4.69, 9.17) is 5.48 Å². The molecule has 0 fully saturated rings. The van der Waals surface area contributed by atoms with Crippen LogP contribution in [0.25, 0.3) is 22.4 Å². The van der Waals surface area contributed by atoms with E-state index in [0.717, 1.165) is 16.8 Å². The molecule has 1 aromatic heterocycles. The Kier molecular flexibility index (Phi) is 2.87. The topological polar surface area (TPSA) is 3.88 Å². The lowest BCUT2D eigenvalue weighted by Crippen LogP contribution is -2.30. The van der Waals surface area contributed by atoms with Crippen LogP contribution in [0.2, 0.25) is 0 Å². The van der Waals surface area contributed by atoms with Gasteiger partial charge in [0.2, 0.25) is 5.69 Å². The van der Waals surface area contributed by atoms with E-state index in [0.29, 0.717) is 5.56 Å². The molecule has 1 aliphatic carbocycles. The summed E-state index contributed by atoms with van der Waals surface area (Å²) in [5, 5.41) is 0. The van der Waals surface area contributed by atoms with Crippen LogP contribution in [0.1, 0.15) is 61.3 Å². The molecule has 26 heavy (non-hydrogen) atoms. The van der Waals surface area contributed by atoms with Crippen LogP contribution in [-0.2, 0) is 12.5 Å². The third-order valence-corrected chi connectivity index (χ3v) is 5.79. The number of nitrogens with zero attached hydrogens (tertiary/aromatic N) is 1. The molecule has 132 valence electrons. The summed E-state index contributed by atoms with van der Waals surface area (Å²) in [6.45, 7) is 5.63. The number of fused-ring (bicyclic) bond motifs is 3. The maximum Gasteiger partial charge on any atom is 0.213 e. The molecule has 0 saturated heterocycles. The quantitative estimate of drug-likeness (QED) is 0.507. The average molecular weight is 347 g/mol. The zero-order valence-corrected chi connectivity index (χ0v) is 16.1. The van der Waals surface area contributed by atoms with Gasteiger partial charge in [0.05, 0.1) is 5.56 Å². The summed E-state index contributed by atoms with van der Waals surface area (Å²) in [5.41, 5.74) is 8.39. The van der Waals surface area contributed by atoms with E-state index < -0.39 is 12.7 Å². The van der Waals surface area contributed by atoms with Crippen molar-refractivity contribution < 1.29 is 10.1 Å². The summed E-state index contributed by atoms with van der Waals surface area (Å²) in [7, 11) is 2.04. The molecule has 1 heterocycles. The molecule has 0 amide bonds. The van der Waals surface area contributed by atoms with Crippen molar-refractivity contribution in [3.8, 4) is 22.4 Å². The Morgan fingerprint density at radius 1 is 1.04 bits per heavy atom. The van der Waals surface area contributed by atoms with Gasteiger partial charge in [-0.1, -0.05) is 58.0 Å². The minimum Gasteiger partial charge on any atom is -0.201 e. The molecule has 1 heteroatoms. The third kappa shape index (κ3) is 2.34. The summed E-state index contributed by atoms with van der Waals surface area (Å²) < 4.78 is 34.3. The van der Waals surface area contributed by atoms with E-state index in [1.807, 2.05) is 43.6 Å². The molecular formula is C25H28N+. The highest BCUT2D eigenvalue weighted by Crippen LogP contribution is 2.53. The van der Waals surface area contributed by atoms with Crippen molar-refractivity contribution in [1.82, 2.24) is 0 Å². The fraction of sp³-hybridized carbons (Fsp3) is 0.320. The molecule has 3 aromatic rings. The Morgan fingerprint density at radius 2 is 1.81 bits per heavy atom. The van der Waals surface area contributed by atoms with E-state index >= 15 is 0 Å². The van der Waals surface area contributed by atoms with Gasteiger partial charge in [-0.3, -0.25) is 0 Å². The van der Waals surface area contributed by atoms with Crippen LogP contribution in [0.3, 0.4) is 0 Å². The summed E-state index contributed by atoms with van der Waals surface area (Å²) in [5.74, 6) is -1.67. The van der Waals surface area contributed by atoms with Crippen LogP contribution in [0.4, 0.5) is 0 Å². The second-order valence-electron chi connectivity index (χ2n) is 7.89. The maximum absolute atomic E-state index is 8.59. The molecule has 2 aromatic carbocycles. The van der Waals surface area contributed by atoms with Gasteiger partial charge >= 0.3 is 0 Å². The molecule has 0 bridgehead atoms. The molecule has 1 nitrogen and oxygen atoms in total. The van der Waals surface area contributed by atoms with Gasteiger partial charge in [-0.15, -0.1) is 0 Å². The average Bonchev–Trinajstić information content (AvgIpc) is 2.89. The van der Waals surface area contributed by atoms with Crippen molar-refractivity contribution in [2.24, 2.45) is 7.05 Å². The van der Waals surface area contributed by atoms with Crippen molar-refractivity contribution in [3.05, 3.63) is 77.0 Å². The molecule has 0 saturated carbocycles. The Bertz CT molecular complexity index is 1160. The molecule has 0 spiro atoms. The highest BCUT2D eigenvalue weighted by atomic mass is 14.9. The zero-order valence-electron chi connectivity index (χ0n) is 20.1. The normalized spacial score (nSPS) is 19.4. The second kappa shape index (κ2) is 5.81. The minimum absolute atomic E-state index is 0.197. The number of aromatic nitrogens is 1. The number of benzene rings is 2. The number of aryl methyl sites for hydroxylation is 2. The molecule has 0 radical (unpaired) electrons. The van der Waals surface area contributed by atoms with Crippen molar-refractivity contribution in [1.29, 1.82) is 0 Å². The smallest absolute Gasteiger partial charge is 0.201 e. The van der Waals surface area contributed by atoms with Crippen molar-refractivity contribution in [2.75, 3.05) is 0 Å². The monoisotopic (exact) mass is 346 g/mol. The first-order valence-corrected chi connectivity index (χ1v) is 9.12. The first-order chi connectivity index (χ1) is 13.9. The Hall–Kier alpha value is -2.41. The maximum atomic E-state index is 8.59. The molecule has 1 atom stereocenters. The van der Waals surface area contributed by atoms with Crippen LogP contribution >= 0.6 is 0 Å². The number of pyridine rings is 1. The van der Waals surface area contributed by atoms with Gasteiger partial charge < -0.3 is 0 Å². The summed E-state index contributed by atoms with van der Waals surface area (Å²) in [6.07, 6.45) is 2.04. The number of hydrogen-bond acceptors (Lipinski definition) is 0. The van der Waals surface area contributed by atoms with E-state index in [-0.39, 0.29) is 5.41 Å². The lowest BCUT2D eigenvalue weighted by Gasteiger charge is -2.22. The Balaban J connectivity index is 2.07. The molecule has 0 aliphatic heterocycles. The van der Waals surface area contributed by atoms with Gasteiger partial charge in [0.1, 0.15) is 7.05 Å². The van der Waals surface area contributed by atoms with Crippen LogP contribution in [-0.4, -0.2) is 0 Å². The third-order valence-electron chi connectivity index (χ3n) is 5.79. The highest BCUT2D eigenvalue weighted by Gasteiger charge is 2.38. The minimum atomic E-state index is -2.40. The first kappa shape index (κ1) is 12.9. The van der Waals surface area contributed by atoms with E-state index in [1.54, 1.807) is 0 Å². The van der Waals surface area contributed by atoms with Gasteiger partial charge in [-0.05, 0) is 46.7 Å². The zero-order chi connectivity index (χ0) is 22.1. The van der Waals surface area contributed by atoms with Gasteiger partial charge in [0.25, 0.3) is 0 Å². The standard InChI is InChI=1S/C25H28N/c1-16(2)18-11-13-20-19(15-18)24-21(25(20,4)5)12-10-17(3)23(24)22-9-7-8-14-26(22)6/h7-16H,1-6H3/q+1/i1D3,16D. The summed E-state index contributed by atoms with van der Waals surface area (Å²) >= 11 is 0. The molecular weight excluding hydrogens is 314 g/mol. The van der Waals surface area contributed by atoms with Crippen molar-refractivity contribution in [3.63, 3.8) is 0 Å². The molecule has 1 aliphatic rings. The van der Waals surface area contributed by atoms with E-state index in [1.165, 1.54) is 29.2 Å². The summed E-state index contributed by atoms with van der Waals surface area (Å²) in [6, 6.07) is 16.3. The Labute approximate surface area is 163 Å². The number of rotatable bonds is 2. The van der Waals surface area contributed by atoms with Gasteiger partial charge in [-0.2, -0.15) is 0 Å². The van der Waals surface area contributed by atoms with Crippen molar-refractivity contribution >= 4 is 0 Å². The fourth-order valence-electron chi connectivity index (χ4n) is 4.29. The second-order valence-corrected chi connectivity index (χ2v) is 7.89. The van der Waals surface area contributed by atoms with E-state index in [2.05, 4.69) is 43.5 Å². The van der Waals surface area contributed by atoms with E-state index in [9.17, 15) is 0 Å². The summed E-state index contributed by atoms with van der Waals surface area (Å²) in [4.78, 5) is 0. The van der Waals surface area contributed by atoms with Crippen LogP contribution < -0.4 is 4.57 Å². The lowest BCUT2D eigenvalue weighted by atomic mass is 9.81. The molecule has 4 rings (SSSR count). The predicted molar refractivity (Wildman–Crippen MR) is 109 cm³/mol. The first-order valence-electron chi connectivity index (χ1n) is 11.1. The van der Waals surface area contributed by atoms with Crippen LogP contribution in [0.15, 0.2) is 54.7 Å². The van der Waals surface area contributed by atoms with Gasteiger partial charge in [-0.25, -0.2) is 4.57 Å². The van der Waals surface area contributed by atoms with Gasteiger partial charge in [0.15, 0.2) is 6.20 Å². The van der Waals surface area contributed by atoms with Crippen molar-refractivity contribution in [2.45, 2.75) is 45.9 Å². The number of hydrogen-bond donors (Lipinski definition) is 0. The van der Waals surface area contributed by atoms with Gasteiger partial charge in [0, 0.05) is 28.6 Å². The predicted octanol–water partition coefficient (Wildman–Crippen LogP) is 5.92. The highest BCUT2D eigenvalue weighted by molar-refractivity contribution is 5.92. The SMILES string of the molecule is [2H]C([2H])([2H])C([2H])(C)c1ccc2c(c1)-c1c(ccc(C)c1-c1cccc[n+]1C)C2(C)C. The molecule has 0 N–H and O–H groups in total. The largest absolute Gasteiger partial charge is 0.213 e. The fourth-order valence-corrected chi connectivity index (χ4v) is 4.29.